The van der Waals surface area contributed by atoms with Crippen LogP contribution in [0.5, 0.6) is 5.75 Å². The van der Waals surface area contributed by atoms with Gasteiger partial charge in [0.15, 0.2) is 6.61 Å². The van der Waals surface area contributed by atoms with E-state index in [0.29, 0.717) is 11.3 Å². The van der Waals surface area contributed by atoms with E-state index in [9.17, 15) is 9.59 Å². The second-order valence-corrected chi connectivity index (χ2v) is 6.27. The van der Waals surface area contributed by atoms with Crippen LogP contribution < -0.4 is 15.7 Å². The molecule has 5 heteroatoms. The van der Waals surface area contributed by atoms with E-state index in [-0.39, 0.29) is 18.6 Å². The summed E-state index contributed by atoms with van der Waals surface area (Å²) in [7, 11) is 0. The number of carbonyl (C=O) groups excluding carboxylic acids is 1. The third-order valence-electron chi connectivity index (χ3n) is 4.35. The molecule has 1 amide bonds. The predicted molar refractivity (Wildman–Crippen MR) is 87.5 cm³/mol. The van der Waals surface area contributed by atoms with Crippen LogP contribution in [0.15, 0.2) is 39.5 Å². The van der Waals surface area contributed by atoms with Crippen LogP contribution >= 0.6 is 0 Å². The molecule has 5 nitrogen and oxygen atoms in total. The van der Waals surface area contributed by atoms with Crippen LogP contribution in [0, 0.1) is 5.92 Å². The van der Waals surface area contributed by atoms with Gasteiger partial charge < -0.3 is 14.5 Å². The summed E-state index contributed by atoms with van der Waals surface area (Å²) >= 11 is 0. The van der Waals surface area contributed by atoms with Crippen molar-refractivity contribution in [2.24, 2.45) is 5.92 Å². The van der Waals surface area contributed by atoms with Gasteiger partial charge in [0.1, 0.15) is 11.3 Å². The third-order valence-corrected chi connectivity index (χ3v) is 4.35. The van der Waals surface area contributed by atoms with E-state index >= 15 is 0 Å². The van der Waals surface area contributed by atoms with Gasteiger partial charge in [-0.2, -0.15) is 0 Å². The number of carbonyl (C=O) groups is 1. The number of benzene rings is 1. The first-order valence-corrected chi connectivity index (χ1v) is 8.06. The molecular weight excluding hydrogens is 294 g/mol. The first-order chi connectivity index (χ1) is 11.1. The molecule has 1 saturated carbocycles. The van der Waals surface area contributed by atoms with Gasteiger partial charge in [-0.05, 0) is 49.8 Å². The minimum absolute atomic E-state index is 0.0331. The fourth-order valence-corrected chi connectivity index (χ4v) is 2.95. The Kier molecular flexibility index (Phi) is 4.65. The Labute approximate surface area is 134 Å². The summed E-state index contributed by atoms with van der Waals surface area (Å²) in [5.41, 5.74) is 0.0515. The van der Waals surface area contributed by atoms with Crippen LogP contribution in [0.1, 0.15) is 32.6 Å². The number of ether oxygens (including phenoxy) is 1. The lowest BCUT2D eigenvalue weighted by Crippen LogP contribution is -2.39. The summed E-state index contributed by atoms with van der Waals surface area (Å²) in [6.45, 7) is 2.22. The van der Waals surface area contributed by atoms with Crippen LogP contribution in [0.4, 0.5) is 0 Å². The Morgan fingerprint density at radius 3 is 2.74 bits per heavy atom. The lowest BCUT2D eigenvalue weighted by atomic mass is 9.87. The summed E-state index contributed by atoms with van der Waals surface area (Å²) in [5, 5.41) is 3.84. The van der Waals surface area contributed by atoms with Crippen LogP contribution in [-0.4, -0.2) is 18.6 Å². The van der Waals surface area contributed by atoms with Crippen molar-refractivity contribution in [2.45, 2.75) is 38.6 Å². The number of fused-ring (bicyclic) bond motifs is 1. The highest BCUT2D eigenvalue weighted by Crippen LogP contribution is 2.23. The van der Waals surface area contributed by atoms with Crippen molar-refractivity contribution in [3.05, 3.63) is 40.8 Å². The summed E-state index contributed by atoms with van der Waals surface area (Å²) in [5.74, 6) is 1.16. The fraction of sp³-hybridized carbons (Fsp3) is 0.444. The smallest absolute Gasteiger partial charge is 0.336 e. The zero-order valence-corrected chi connectivity index (χ0v) is 13.2. The van der Waals surface area contributed by atoms with Crippen molar-refractivity contribution in [3.63, 3.8) is 0 Å². The van der Waals surface area contributed by atoms with Crippen molar-refractivity contribution >= 4 is 16.9 Å². The molecule has 1 aromatic carbocycles. The Morgan fingerprint density at radius 2 is 1.96 bits per heavy atom. The molecule has 0 saturated heterocycles. The number of hydrogen-bond acceptors (Lipinski definition) is 4. The Balaban J connectivity index is 1.55. The van der Waals surface area contributed by atoms with E-state index in [2.05, 4.69) is 12.2 Å². The molecule has 1 aromatic heterocycles. The Hall–Kier alpha value is -2.30. The second kappa shape index (κ2) is 6.86. The van der Waals surface area contributed by atoms with Gasteiger partial charge in [-0.3, -0.25) is 4.79 Å². The topological polar surface area (TPSA) is 68.5 Å². The zero-order valence-electron chi connectivity index (χ0n) is 13.2. The summed E-state index contributed by atoms with van der Waals surface area (Å²) < 4.78 is 10.6. The molecular formula is C18H21NO4. The van der Waals surface area contributed by atoms with Crippen LogP contribution in [-0.2, 0) is 4.79 Å². The molecule has 0 atom stereocenters. The quantitative estimate of drug-likeness (QED) is 0.881. The van der Waals surface area contributed by atoms with Crippen molar-refractivity contribution in [2.75, 3.05) is 6.61 Å². The van der Waals surface area contributed by atoms with Crippen LogP contribution in [0.2, 0.25) is 0 Å². The highest BCUT2D eigenvalue weighted by atomic mass is 16.5. The summed E-state index contributed by atoms with van der Waals surface area (Å²) in [6.07, 6.45) is 4.40. The van der Waals surface area contributed by atoms with E-state index in [1.165, 1.54) is 6.07 Å². The molecule has 1 heterocycles. The minimum Gasteiger partial charge on any atom is -0.484 e. The van der Waals surface area contributed by atoms with Gasteiger partial charge in [0.25, 0.3) is 5.91 Å². The van der Waals surface area contributed by atoms with Crippen molar-refractivity contribution in [1.82, 2.24) is 5.32 Å². The van der Waals surface area contributed by atoms with Gasteiger partial charge in [0, 0.05) is 23.6 Å². The number of hydrogen-bond donors (Lipinski definition) is 1. The Bertz CT molecular complexity index is 744. The molecule has 1 fully saturated rings. The molecule has 0 spiro atoms. The number of rotatable bonds is 4. The predicted octanol–water partition coefficient (Wildman–Crippen LogP) is 2.87. The minimum atomic E-state index is -0.404. The molecule has 23 heavy (non-hydrogen) atoms. The lowest BCUT2D eigenvalue weighted by molar-refractivity contribution is -0.124. The molecule has 1 aliphatic rings. The standard InChI is InChI=1S/C18H21NO4/c1-12-2-6-14(7-3-12)19-17(20)11-22-15-8-4-13-5-9-18(21)23-16(13)10-15/h4-5,8-10,12,14H,2-3,6-7,11H2,1H3,(H,19,20). The van der Waals surface area contributed by atoms with Gasteiger partial charge in [0.05, 0.1) is 0 Å². The monoisotopic (exact) mass is 315 g/mol. The highest BCUT2D eigenvalue weighted by Gasteiger charge is 2.19. The second-order valence-electron chi connectivity index (χ2n) is 6.27. The molecule has 2 aromatic rings. The maximum atomic E-state index is 12.0. The third kappa shape index (κ3) is 4.12. The number of amides is 1. The maximum absolute atomic E-state index is 12.0. The van der Waals surface area contributed by atoms with Gasteiger partial charge in [-0.25, -0.2) is 4.79 Å². The first kappa shape index (κ1) is 15.6. The molecule has 0 aliphatic heterocycles. The SMILES string of the molecule is CC1CCC(NC(=O)COc2ccc3ccc(=O)oc3c2)CC1. The van der Waals surface area contributed by atoms with Gasteiger partial charge in [-0.1, -0.05) is 6.92 Å². The van der Waals surface area contributed by atoms with E-state index < -0.39 is 5.63 Å². The van der Waals surface area contributed by atoms with Gasteiger partial charge in [-0.15, -0.1) is 0 Å². The van der Waals surface area contributed by atoms with Crippen molar-refractivity contribution < 1.29 is 13.9 Å². The van der Waals surface area contributed by atoms with E-state index in [4.69, 9.17) is 9.15 Å². The average molecular weight is 315 g/mol. The highest BCUT2D eigenvalue weighted by molar-refractivity contribution is 5.79. The largest absolute Gasteiger partial charge is 0.484 e. The zero-order chi connectivity index (χ0) is 16.2. The van der Waals surface area contributed by atoms with Crippen LogP contribution in [0.25, 0.3) is 11.0 Å². The Morgan fingerprint density at radius 1 is 1.22 bits per heavy atom. The van der Waals surface area contributed by atoms with Crippen LogP contribution in [0.3, 0.4) is 0 Å². The molecule has 0 unspecified atom stereocenters. The molecule has 1 N–H and O–H groups in total. The van der Waals surface area contributed by atoms with Crippen molar-refractivity contribution in [3.8, 4) is 5.75 Å². The fourth-order valence-electron chi connectivity index (χ4n) is 2.95. The molecule has 1 aliphatic carbocycles. The lowest BCUT2D eigenvalue weighted by Gasteiger charge is -2.26. The average Bonchev–Trinajstić information content (AvgIpc) is 2.54. The molecule has 122 valence electrons. The van der Waals surface area contributed by atoms with E-state index in [1.54, 1.807) is 24.3 Å². The van der Waals surface area contributed by atoms with Crippen molar-refractivity contribution in [1.29, 1.82) is 0 Å². The molecule has 3 rings (SSSR count). The molecule has 0 radical (unpaired) electrons. The van der Waals surface area contributed by atoms with E-state index in [1.807, 2.05) is 0 Å². The number of nitrogens with one attached hydrogen (secondary N) is 1. The summed E-state index contributed by atoms with van der Waals surface area (Å²) in [4.78, 5) is 23.2. The molecule has 0 bridgehead atoms. The summed E-state index contributed by atoms with van der Waals surface area (Å²) in [6, 6.07) is 8.53. The first-order valence-electron chi connectivity index (χ1n) is 8.06. The maximum Gasteiger partial charge on any atom is 0.336 e. The van der Waals surface area contributed by atoms with E-state index in [0.717, 1.165) is 37.0 Å². The normalized spacial score (nSPS) is 21.1. The van der Waals surface area contributed by atoms with Gasteiger partial charge in [0.2, 0.25) is 0 Å². The van der Waals surface area contributed by atoms with Gasteiger partial charge >= 0.3 is 5.63 Å².